The molecule has 0 heterocycles. The van der Waals surface area contributed by atoms with Gasteiger partial charge >= 0.3 is 0 Å². The molecule has 1 aliphatic rings. The van der Waals surface area contributed by atoms with E-state index in [1.807, 2.05) is 24.3 Å². The van der Waals surface area contributed by atoms with E-state index in [2.05, 4.69) is 20.8 Å². The average Bonchev–Trinajstić information content (AvgIpc) is 2.50. The standard InChI is InChI=1S/C21H28N2O2/c1-13-10-20(2,3)12-21(11-13,14-4-6-18(24)16(22)8-14)15-5-7-19(25)17(23)9-15/h4-9,13,24-25H,10-12,22-23H2,1-3H3. The zero-order chi connectivity index (χ0) is 18.4. The van der Waals surface area contributed by atoms with E-state index in [1.54, 1.807) is 12.1 Å². The van der Waals surface area contributed by atoms with Crippen molar-refractivity contribution in [2.24, 2.45) is 11.3 Å². The third-order valence-corrected chi connectivity index (χ3v) is 5.54. The second kappa shape index (κ2) is 5.87. The second-order valence-electron chi connectivity index (χ2n) is 8.48. The summed E-state index contributed by atoms with van der Waals surface area (Å²) >= 11 is 0. The molecule has 4 heteroatoms. The van der Waals surface area contributed by atoms with Gasteiger partial charge < -0.3 is 21.7 Å². The van der Waals surface area contributed by atoms with Gasteiger partial charge in [-0.3, -0.25) is 0 Å². The molecule has 0 bridgehead atoms. The van der Waals surface area contributed by atoms with E-state index in [0.717, 1.165) is 30.4 Å². The Kier molecular flexibility index (Phi) is 4.10. The molecule has 0 saturated heterocycles. The Labute approximate surface area is 149 Å². The Bertz CT molecular complexity index is 747. The average molecular weight is 340 g/mol. The van der Waals surface area contributed by atoms with Crippen molar-refractivity contribution in [3.63, 3.8) is 0 Å². The zero-order valence-electron chi connectivity index (χ0n) is 15.2. The number of nitrogen functional groups attached to an aromatic ring is 2. The highest BCUT2D eigenvalue weighted by atomic mass is 16.3. The Morgan fingerprint density at radius 3 is 1.76 bits per heavy atom. The molecule has 0 aromatic heterocycles. The first kappa shape index (κ1) is 17.5. The first-order valence-corrected chi connectivity index (χ1v) is 8.81. The molecule has 0 radical (unpaired) electrons. The molecule has 1 fully saturated rings. The van der Waals surface area contributed by atoms with Gasteiger partial charge in [-0.2, -0.15) is 0 Å². The number of hydrogen-bond donors (Lipinski definition) is 4. The molecular weight excluding hydrogens is 312 g/mol. The van der Waals surface area contributed by atoms with E-state index in [9.17, 15) is 10.2 Å². The van der Waals surface area contributed by atoms with Crippen molar-refractivity contribution in [2.75, 3.05) is 11.5 Å². The summed E-state index contributed by atoms with van der Waals surface area (Å²) in [5.41, 5.74) is 14.9. The van der Waals surface area contributed by atoms with Crippen LogP contribution in [0.2, 0.25) is 0 Å². The van der Waals surface area contributed by atoms with Crippen molar-refractivity contribution in [3.8, 4) is 11.5 Å². The van der Waals surface area contributed by atoms with Gasteiger partial charge in [0.15, 0.2) is 0 Å². The SMILES string of the molecule is CC1CC(C)(C)CC(c2ccc(O)c(N)c2)(c2ccc(O)c(N)c2)C1. The molecule has 25 heavy (non-hydrogen) atoms. The van der Waals surface area contributed by atoms with Gasteiger partial charge in [0.05, 0.1) is 11.4 Å². The van der Waals surface area contributed by atoms with Gasteiger partial charge in [-0.25, -0.2) is 0 Å². The molecule has 134 valence electrons. The highest BCUT2D eigenvalue weighted by Gasteiger charge is 2.45. The van der Waals surface area contributed by atoms with Crippen LogP contribution in [0, 0.1) is 11.3 Å². The van der Waals surface area contributed by atoms with Crippen LogP contribution in [0.3, 0.4) is 0 Å². The van der Waals surface area contributed by atoms with E-state index in [1.165, 1.54) is 0 Å². The molecular formula is C21H28N2O2. The number of anilines is 2. The van der Waals surface area contributed by atoms with E-state index in [0.29, 0.717) is 17.3 Å². The van der Waals surface area contributed by atoms with Crippen LogP contribution in [0.25, 0.3) is 0 Å². The van der Waals surface area contributed by atoms with Crippen LogP contribution in [0.4, 0.5) is 11.4 Å². The number of phenolic OH excluding ortho intramolecular Hbond substituents is 2. The molecule has 0 aliphatic heterocycles. The first-order chi connectivity index (χ1) is 11.6. The minimum Gasteiger partial charge on any atom is -0.506 e. The zero-order valence-corrected chi connectivity index (χ0v) is 15.2. The van der Waals surface area contributed by atoms with Crippen molar-refractivity contribution in [1.82, 2.24) is 0 Å². The largest absolute Gasteiger partial charge is 0.506 e. The molecule has 1 saturated carbocycles. The Morgan fingerprint density at radius 1 is 0.880 bits per heavy atom. The van der Waals surface area contributed by atoms with E-state index in [4.69, 9.17) is 11.5 Å². The van der Waals surface area contributed by atoms with Crippen LogP contribution in [-0.4, -0.2) is 10.2 Å². The molecule has 0 amide bonds. The molecule has 2 aromatic rings. The summed E-state index contributed by atoms with van der Waals surface area (Å²) in [6.45, 7) is 6.87. The Hall–Kier alpha value is -2.36. The number of nitrogens with two attached hydrogens (primary N) is 2. The smallest absolute Gasteiger partial charge is 0.138 e. The molecule has 1 aliphatic carbocycles. The maximum atomic E-state index is 9.85. The molecule has 2 aromatic carbocycles. The highest BCUT2D eigenvalue weighted by molar-refractivity contribution is 5.60. The molecule has 3 rings (SSSR count). The third kappa shape index (κ3) is 3.13. The van der Waals surface area contributed by atoms with Gasteiger partial charge in [0.2, 0.25) is 0 Å². The summed E-state index contributed by atoms with van der Waals surface area (Å²) in [5, 5.41) is 19.7. The minimum atomic E-state index is -0.245. The maximum Gasteiger partial charge on any atom is 0.138 e. The Balaban J connectivity index is 2.23. The fraction of sp³-hybridized carbons (Fsp3) is 0.429. The summed E-state index contributed by atoms with van der Waals surface area (Å²) < 4.78 is 0. The molecule has 0 spiro atoms. The van der Waals surface area contributed by atoms with Crippen LogP contribution in [0.1, 0.15) is 51.2 Å². The summed E-state index contributed by atoms with van der Waals surface area (Å²) in [6.07, 6.45) is 3.10. The minimum absolute atomic E-state index is 0.104. The first-order valence-electron chi connectivity index (χ1n) is 8.81. The summed E-state index contributed by atoms with van der Waals surface area (Å²) in [4.78, 5) is 0. The monoisotopic (exact) mass is 340 g/mol. The predicted molar refractivity (Wildman–Crippen MR) is 103 cm³/mol. The van der Waals surface area contributed by atoms with Crippen molar-refractivity contribution in [1.29, 1.82) is 0 Å². The predicted octanol–water partition coefficient (Wildman–Crippen LogP) is 4.39. The fourth-order valence-electron chi connectivity index (χ4n) is 4.88. The lowest BCUT2D eigenvalue weighted by Crippen LogP contribution is -2.41. The molecule has 6 N–H and O–H groups in total. The van der Waals surface area contributed by atoms with Crippen LogP contribution in [0.5, 0.6) is 11.5 Å². The normalized spacial score (nSPS) is 21.8. The molecule has 1 atom stereocenters. The second-order valence-corrected chi connectivity index (χ2v) is 8.48. The van der Waals surface area contributed by atoms with Gasteiger partial charge in [0.1, 0.15) is 11.5 Å². The lowest BCUT2D eigenvalue weighted by atomic mass is 9.55. The molecule has 4 nitrogen and oxygen atoms in total. The van der Waals surface area contributed by atoms with Crippen molar-refractivity contribution >= 4 is 11.4 Å². The van der Waals surface area contributed by atoms with Crippen molar-refractivity contribution in [2.45, 2.75) is 45.4 Å². The summed E-state index contributed by atoms with van der Waals surface area (Å²) in [7, 11) is 0. The van der Waals surface area contributed by atoms with E-state index in [-0.39, 0.29) is 22.3 Å². The number of aromatic hydroxyl groups is 2. The number of phenols is 2. The van der Waals surface area contributed by atoms with Gasteiger partial charge in [-0.15, -0.1) is 0 Å². The maximum absolute atomic E-state index is 9.85. The Morgan fingerprint density at radius 2 is 1.36 bits per heavy atom. The summed E-state index contributed by atoms with van der Waals surface area (Å²) in [6, 6.07) is 11.0. The van der Waals surface area contributed by atoms with Gasteiger partial charge in [-0.05, 0) is 66.0 Å². The number of hydrogen-bond acceptors (Lipinski definition) is 4. The van der Waals surface area contributed by atoms with E-state index >= 15 is 0 Å². The van der Waals surface area contributed by atoms with Gasteiger partial charge in [0, 0.05) is 5.41 Å². The molecule has 1 unspecified atom stereocenters. The summed E-state index contributed by atoms with van der Waals surface area (Å²) in [5.74, 6) is 0.744. The van der Waals surface area contributed by atoms with Gasteiger partial charge in [-0.1, -0.05) is 32.9 Å². The van der Waals surface area contributed by atoms with Crippen molar-refractivity contribution < 1.29 is 10.2 Å². The van der Waals surface area contributed by atoms with Crippen LogP contribution in [-0.2, 0) is 5.41 Å². The number of benzene rings is 2. The van der Waals surface area contributed by atoms with Crippen LogP contribution in [0.15, 0.2) is 36.4 Å². The quantitative estimate of drug-likeness (QED) is 0.482. The van der Waals surface area contributed by atoms with E-state index < -0.39 is 0 Å². The van der Waals surface area contributed by atoms with Crippen molar-refractivity contribution in [3.05, 3.63) is 47.5 Å². The topological polar surface area (TPSA) is 92.5 Å². The fourth-order valence-corrected chi connectivity index (χ4v) is 4.88. The van der Waals surface area contributed by atoms with Crippen LogP contribution >= 0.6 is 0 Å². The highest BCUT2D eigenvalue weighted by Crippen LogP contribution is 2.54. The van der Waals surface area contributed by atoms with Crippen LogP contribution < -0.4 is 11.5 Å². The lowest BCUT2D eigenvalue weighted by Gasteiger charge is -2.49. The number of rotatable bonds is 2. The third-order valence-electron chi connectivity index (χ3n) is 5.54. The van der Waals surface area contributed by atoms with Gasteiger partial charge in [0.25, 0.3) is 0 Å². The lowest BCUT2D eigenvalue weighted by molar-refractivity contribution is 0.127.